The molecular formula is C66H90ClN7O8. The van der Waals surface area contributed by atoms with Crippen LogP contribution in [0.25, 0.3) is 0 Å². The van der Waals surface area contributed by atoms with E-state index in [1.807, 2.05) is 152 Å². The molecule has 5 fully saturated rings. The lowest BCUT2D eigenvalue weighted by molar-refractivity contribution is -0.143. The van der Waals surface area contributed by atoms with E-state index in [2.05, 4.69) is 26.6 Å². The molecule has 0 spiro atoms. The number of carbonyl (C=O) groups excluding carboxylic acids is 3. The van der Waals surface area contributed by atoms with E-state index in [4.69, 9.17) is 16.2 Å². The molecule has 15 nitrogen and oxygen atoms in total. The first-order valence-electron chi connectivity index (χ1n) is 29.5. The van der Waals surface area contributed by atoms with Crippen LogP contribution in [0, 0.1) is 0 Å². The minimum absolute atomic E-state index is 0. The Kier molecular flexibility index (Phi) is 29.8. The minimum atomic E-state index is -0.731. The summed E-state index contributed by atoms with van der Waals surface area (Å²) in [5.41, 5.74) is 15.9. The van der Waals surface area contributed by atoms with Crippen LogP contribution in [0.3, 0.4) is 0 Å². The third-order valence-corrected chi connectivity index (χ3v) is 16.1. The second-order valence-electron chi connectivity index (χ2n) is 21.7. The zero-order valence-electron chi connectivity index (χ0n) is 47.8. The number of carbonyl (C=O) groups is 5. The molecule has 2 amide bonds. The number of piperidine rings is 5. The molecule has 5 saturated heterocycles. The van der Waals surface area contributed by atoms with Crippen molar-refractivity contribution in [2.45, 2.75) is 156 Å². The van der Waals surface area contributed by atoms with Gasteiger partial charge < -0.3 is 53.0 Å². The van der Waals surface area contributed by atoms with Gasteiger partial charge in [-0.2, -0.15) is 0 Å². The van der Waals surface area contributed by atoms with Crippen molar-refractivity contribution in [2.75, 3.05) is 39.8 Å². The van der Waals surface area contributed by atoms with Crippen molar-refractivity contribution in [3.63, 3.8) is 0 Å². The Labute approximate surface area is 492 Å². The standard InChI is InChI=1S/C14H19NO2.2C13H18N2O.2C13H17NO2.ClH/c1-17-14(16)13(11-7-3-2-4-8-11)12-9-5-6-10-15-12;2*14-13(16)12(10-6-2-1-3-7-10)11-8-4-5-9-15-11;2*15-13(16)12(10-6-2-1-3-7-10)11-8-4-5-9-14-11;/h2-4,7-8,12-13,15H,5-6,9-10H2,1H3;2*1-3,6-7,11-12,15H,4-5,8-9H2,(H2,14,16);2*1-3,6-7,11-12,14H,4-5,8-9H2,(H,15,16);1H. The fraction of sp³-hybridized carbons (Fsp3) is 0.470. The number of amides is 2. The van der Waals surface area contributed by atoms with Gasteiger partial charge in [-0.15, -0.1) is 12.4 Å². The number of rotatable bonds is 15. The average Bonchev–Trinajstić information content (AvgIpc) is 3.55. The molecule has 0 radical (unpaired) electrons. The van der Waals surface area contributed by atoms with E-state index >= 15 is 0 Å². The molecule has 444 valence electrons. The molecule has 0 saturated carbocycles. The van der Waals surface area contributed by atoms with Crippen LogP contribution in [0.4, 0.5) is 0 Å². The molecule has 10 atom stereocenters. The molecule has 16 heteroatoms. The Hall–Kier alpha value is -6.46. The predicted octanol–water partition coefficient (Wildman–Crippen LogP) is 9.30. The number of halogens is 1. The molecule has 5 aromatic carbocycles. The van der Waals surface area contributed by atoms with Crippen LogP contribution in [0.5, 0.6) is 0 Å². The van der Waals surface area contributed by atoms with Gasteiger partial charge >= 0.3 is 17.9 Å². The molecule has 5 heterocycles. The predicted molar refractivity (Wildman–Crippen MR) is 327 cm³/mol. The first-order chi connectivity index (χ1) is 39.5. The molecule has 82 heavy (non-hydrogen) atoms. The van der Waals surface area contributed by atoms with Crippen LogP contribution in [-0.4, -0.2) is 110 Å². The number of hydrogen-bond acceptors (Lipinski definition) is 11. The number of nitrogens with one attached hydrogen (secondary N) is 5. The van der Waals surface area contributed by atoms with Crippen LogP contribution in [-0.2, 0) is 28.7 Å². The summed E-state index contributed by atoms with van der Waals surface area (Å²) in [5.74, 6) is -3.46. The third kappa shape index (κ3) is 21.1. The van der Waals surface area contributed by atoms with Crippen molar-refractivity contribution in [1.82, 2.24) is 26.6 Å². The molecule has 5 aliphatic rings. The van der Waals surface area contributed by atoms with Crippen LogP contribution < -0.4 is 38.1 Å². The quantitative estimate of drug-likeness (QED) is 0.0444. The van der Waals surface area contributed by atoms with E-state index in [-0.39, 0.29) is 78.2 Å². The highest BCUT2D eigenvalue weighted by molar-refractivity contribution is 5.85. The normalized spacial score (nSPS) is 22.2. The largest absolute Gasteiger partial charge is 0.481 e. The zero-order valence-corrected chi connectivity index (χ0v) is 48.6. The number of hydrogen-bond donors (Lipinski definition) is 9. The maximum absolute atomic E-state index is 11.9. The van der Waals surface area contributed by atoms with Crippen molar-refractivity contribution in [2.24, 2.45) is 11.5 Å². The second-order valence-corrected chi connectivity index (χ2v) is 21.7. The lowest BCUT2D eigenvalue weighted by atomic mass is 9.86. The van der Waals surface area contributed by atoms with Crippen molar-refractivity contribution in [3.05, 3.63) is 179 Å². The Morgan fingerprint density at radius 1 is 0.366 bits per heavy atom. The number of nitrogens with two attached hydrogens (primary N) is 2. The number of primary amides is 2. The van der Waals surface area contributed by atoms with E-state index in [0.29, 0.717) is 0 Å². The maximum atomic E-state index is 11.9. The van der Waals surface area contributed by atoms with Crippen molar-refractivity contribution in [1.29, 1.82) is 0 Å². The summed E-state index contributed by atoms with van der Waals surface area (Å²) < 4.78 is 4.94. The maximum Gasteiger partial charge on any atom is 0.314 e. The smallest absolute Gasteiger partial charge is 0.314 e. The lowest BCUT2D eigenvalue weighted by Gasteiger charge is -2.29. The number of esters is 1. The van der Waals surface area contributed by atoms with Gasteiger partial charge in [-0.1, -0.05) is 184 Å². The second kappa shape index (κ2) is 36.9. The van der Waals surface area contributed by atoms with Gasteiger partial charge in [0.2, 0.25) is 11.8 Å². The highest BCUT2D eigenvalue weighted by Crippen LogP contribution is 2.30. The molecule has 0 aliphatic carbocycles. The van der Waals surface area contributed by atoms with Gasteiger partial charge in [-0.25, -0.2) is 0 Å². The van der Waals surface area contributed by atoms with Gasteiger partial charge in [0.05, 0.1) is 36.7 Å². The van der Waals surface area contributed by atoms with E-state index < -0.39 is 23.8 Å². The highest BCUT2D eigenvalue weighted by Gasteiger charge is 2.34. The molecule has 0 aromatic heterocycles. The molecule has 0 bridgehead atoms. The van der Waals surface area contributed by atoms with Crippen LogP contribution >= 0.6 is 12.4 Å². The monoisotopic (exact) mass is 1140 g/mol. The first-order valence-corrected chi connectivity index (χ1v) is 29.5. The number of benzene rings is 5. The third-order valence-electron chi connectivity index (χ3n) is 16.1. The Balaban J connectivity index is 0.000000187. The summed E-state index contributed by atoms with van der Waals surface area (Å²) in [6, 6.07) is 49.3. The van der Waals surface area contributed by atoms with Crippen molar-refractivity contribution in [3.8, 4) is 0 Å². The Morgan fingerprint density at radius 2 is 0.573 bits per heavy atom. The van der Waals surface area contributed by atoms with Crippen LogP contribution in [0.1, 0.15) is 154 Å². The van der Waals surface area contributed by atoms with Gasteiger partial charge in [0, 0.05) is 30.2 Å². The molecule has 11 N–H and O–H groups in total. The molecule has 5 aliphatic heterocycles. The topological polar surface area (TPSA) is 247 Å². The SMILES string of the molecule is COC(=O)C(c1ccccc1)C1CCCCN1.Cl.NC(=O)C(c1ccccc1)C1CCCCN1.NC(=O)C(c1ccccc1)C1CCCCN1.O=C(O)C(c1ccccc1)C1CCCCN1.O=C(O)C(c1ccccc1)C1CCCCN1. The van der Waals surface area contributed by atoms with Crippen LogP contribution in [0.2, 0.25) is 0 Å². The van der Waals surface area contributed by atoms with E-state index in [9.17, 15) is 34.2 Å². The van der Waals surface area contributed by atoms with Gasteiger partial charge in [-0.05, 0) is 125 Å². The summed E-state index contributed by atoms with van der Waals surface area (Å²) in [5, 5.41) is 35.5. The van der Waals surface area contributed by atoms with Crippen molar-refractivity contribution >= 4 is 42.1 Å². The number of aliphatic carboxylic acids is 2. The zero-order chi connectivity index (χ0) is 57.6. The van der Waals surface area contributed by atoms with E-state index in [1.54, 1.807) is 0 Å². The lowest BCUT2D eigenvalue weighted by Crippen LogP contribution is -2.43. The summed E-state index contributed by atoms with van der Waals surface area (Å²) in [6.45, 7) is 4.83. The van der Waals surface area contributed by atoms with Crippen molar-refractivity contribution < 1.29 is 38.9 Å². The van der Waals surface area contributed by atoms with Gasteiger partial charge in [0.1, 0.15) is 0 Å². The fourth-order valence-corrected chi connectivity index (χ4v) is 12.1. The average molecular weight is 1140 g/mol. The van der Waals surface area contributed by atoms with Gasteiger partial charge in [-0.3, -0.25) is 24.0 Å². The Morgan fingerprint density at radius 3 is 0.768 bits per heavy atom. The molecule has 5 aromatic rings. The summed E-state index contributed by atoms with van der Waals surface area (Å²) in [7, 11) is 1.46. The number of carboxylic acid groups (broad SMARTS) is 2. The summed E-state index contributed by atoms with van der Waals surface area (Å²) in [6.07, 6.45) is 16.6. The van der Waals surface area contributed by atoms with Crippen LogP contribution in [0.15, 0.2) is 152 Å². The summed E-state index contributed by atoms with van der Waals surface area (Å²) in [4.78, 5) is 57.8. The Bertz CT molecular complexity index is 2290. The number of ether oxygens (including phenoxy) is 1. The van der Waals surface area contributed by atoms with E-state index in [0.717, 1.165) is 118 Å². The summed E-state index contributed by atoms with van der Waals surface area (Å²) >= 11 is 0. The fourth-order valence-electron chi connectivity index (χ4n) is 12.1. The van der Waals surface area contributed by atoms with Gasteiger partial charge in [0.15, 0.2) is 0 Å². The minimum Gasteiger partial charge on any atom is -0.481 e. The van der Waals surface area contributed by atoms with E-state index in [1.165, 1.54) is 45.6 Å². The highest BCUT2D eigenvalue weighted by atomic mass is 35.5. The molecule has 10 unspecified atom stereocenters. The molecular weight excluding hydrogens is 1050 g/mol. The number of carboxylic acids is 2. The van der Waals surface area contributed by atoms with Gasteiger partial charge in [0.25, 0.3) is 0 Å². The number of methoxy groups -OCH3 is 1. The molecule has 10 rings (SSSR count). The first kappa shape index (κ1) is 66.3.